The first-order valence-electron chi connectivity index (χ1n) is 7.39. The van der Waals surface area contributed by atoms with Gasteiger partial charge in [-0.25, -0.2) is 4.79 Å². The monoisotopic (exact) mass is 355 g/mol. The van der Waals surface area contributed by atoms with Gasteiger partial charge in [0.15, 0.2) is 0 Å². The maximum Gasteiger partial charge on any atom is 0.338 e. The molecular weight excluding hydrogens is 338 g/mol. The van der Waals surface area contributed by atoms with E-state index in [4.69, 9.17) is 9.94 Å². The molecule has 0 fully saturated rings. The number of hydrogen-bond donors (Lipinski definition) is 1. The highest BCUT2D eigenvalue weighted by molar-refractivity contribution is 7.99. The maximum absolute atomic E-state index is 11.9. The topological polar surface area (TPSA) is 76.0 Å². The Labute approximate surface area is 150 Å². The third-order valence-electron chi connectivity index (χ3n) is 3.21. The fourth-order valence-electron chi connectivity index (χ4n) is 1.83. The van der Waals surface area contributed by atoms with E-state index in [0.717, 1.165) is 9.79 Å². The van der Waals surface area contributed by atoms with Crippen molar-refractivity contribution in [2.24, 2.45) is 5.16 Å². The standard InChI is InChI=1S/C19H17NO4S/c1-12(2)19(22)24-15-6-10-17(11-7-15)25-16-8-4-14(5-9-16)18(21)13(3)20-23/h4-11,23H,1H2,2-3H3/b20-13+. The van der Waals surface area contributed by atoms with E-state index in [-0.39, 0.29) is 11.5 Å². The molecule has 1 N–H and O–H groups in total. The Morgan fingerprint density at radius 2 is 1.52 bits per heavy atom. The van der Waals surface area contributed by atoms with Crippen LogP contribution in [0.25, 0.3) is 0 Å². The van der Waals surface area contributed by atoms with Crippen LogP contribution in [0.2, 0.25) is 0 Å². The zero-order chi connectivity index (χ0) is 18.4. The van der Waals surface area contributed by atoms with Crippen LogP contribution in [-0.2, 0) is 4.79 Å². The lowest BCUT2D eigenvalue weighted by Crippen LogP contribution is -2.10. The highest BCUT2D eigenvalue weighted by Gasteiger charge is 2.10. The Kier molecular flexibility index (Phi) is 6.14. The zero-order valence-corrected chi connectivity index (χ0v) is 14.7. The minimum atomic E-state index is -0.456. The summed E-state index contributed by atoms with van der Waals surface area (Å²) in [7, 11) is 0. The molecule has 0 unspecified atom stereocenters. The van der Waals surface area contributed by atoms with Gasteiger partial charge in [-0.05, 0) is 62.4 Å². The molecule has 2 aromatic carbocycles. The Hall–Kier alpha value is -2.86. The molecule has 2 aromatic rings. The fourth-order valence-corrected chi connectivity index (χ4v) is 2.65. The van der Waals surface area contributed by atoms with E-state index in [9.17, 15) is 9.59 Å². The van der Waals surface area contributed by atoms with Gasteiger partial charge in [0.1, 0.15) is 11.5 Å². The summed E-state index contributed by atoms with van der Waals surface area (Å²) in [4.78, 5) is 25.2. The first-order chi connectivity index (χ1) is 11.9. The number of nitrogens with zero attached hydrogens (tertiary/aromatic N) is 1. The number of oxime groups is 1. The van der Waals surface area contributed by atoms with E-state index in [0.29, 0.717) is 16.9 Å². The SMILES string of the molecule is C=C(C)C(=O)Oc1ccc(Sc2ccc(C(=O)/C(C)=N/O)cc2)cc1. The van der Waals surface area contributed by atoms with Crippen LogP contribution in [0, 0.1) is 0 Å². The summed E-state index contributed by atoms with van der Waals surface area (Å²) in [6.45, 7) is 6.58. The molecule has 0 spiro atoms. The molecule has 128 valence electrons. The average molecular weight is 355 g/mol. The van der Waals surface area contributed by atoms with Crippen molar-refractivity contribution in [3.8, 4) is 5.75 Å². The van der Waals surface area contributed by atoms with Crippen LogP contribution in [0.3, 0.4) is 0 Å². The van der Waals surface area contributed by atoms with Crippen LogP contribution in [-0.4, -0.2) is 22.7 Å². The summed E-state index contributed by atoms with van der Waals surface area (Å²) < 4.78 is 5.14. The highest BCUT2D eigenvalue weighted by Crippen LogP contribution is 2.29. The number of carbonyl (C=O) groups is 2. The third kappa shape index (κ3) is 5.06. The van der Waals surface area contributed by atoms with Crippen molar-refractivity contribution in [3.63, 3.8) is 0 Å². The number of ether oxygens (including phenoxy) is 1. The second-order valence-corrected chi connectivity index (χ2v) is 6.43. The van der Waals surface area contributed by atoms with Gasteiger partial charge in [0.2, 0.25) is 5.78 Å². The number of hydrogen-bond acceptors (Lipinski definition) is 6. The van der Waals surface area contributed by atoms with Gasteiger partial charge in [0.25, 0.3) is 0 Å². The average Bonchev–Trinajstić information content (AvgIpc) is 2.62. The Morgan fingerprint density at radius 3 is 2.00 bits per heavy atom. The third-order valence-corrected chi connectivity index (χ3v) is 4.23. The Bertz CT molecular complexity index is 824. The van der Waals surface area contributed by atoms with Gasteiger partial charge in [-0.3, -0.25) is 4.79 Å². The molecule has 0 amide bonds. The number of benzene rings is 2. The summed E-state index contributed by atoms with van der Waals surface area (Å²) in [6.07, 6.45) is 0. The van der Waals surface area contributed by atoms with Crippen LogP contribution < -0.4 is 4.74 Å². The van der Waals surface area contributed by atoms with Gasteiger partial charge in [-0.1, -0.05) is 23.5 Å². The van der Waals surface area contributed by atoms with Gasteiger partial charge in [-0.15, -0.1) is 0 Å². The summed E-state index contributed by atoms with van der Waals surface area (Å²) in [5.74, 6) is -0.317. The van der Waals surface area contributed by atoms with E-state index < -0.39 is 5.97 Å². The predicted octanol–water partition coefficient (Wildman–Crippen LogP) is 4.35. The molecule has 25 heavy (non-hydrogen) atoms. The van der Waals surface area contributed by atoms with Gasteiger partial charge >= 0.3 is 5.97 Å². The molecule has 0 saturated heterocycles. The number of Topliss-reactive ketones (excluding diaryl/α,β-unsaturated/α-hetero) is 1. The molecule has 0 radical (unpaired) electrons. The number of ketones is 1. The highest BCUT2D eigenvalue weighted by atomic mass is 32.2. The van der Waals surface area contributed by atoms with E-state index in [1.807, 2.05) is 24.3 Å². The summed E-state index contributed by atoms with van der Waals surface area (Å²) >= 11 is 1.51. The van der Waals surface area contributed by atoms with Crippen molar-refractivity contribution < 1.29 is 19.5 Å². The lowest BCUT2D eigenvalue weighted by molar-refractivity contribution is -0.130. The van der Waals surface area contributed by atoms with Crippen molar-refractivity contribution in [2.75, 3.05) is 0 Å². The molecule has 0 atom stereocenters. The smallest absolute Gasteiger partial charge is 0.338 e. The van der Waals surface area contributed by atoms with Gasteiger partial charge in [0.05, 0.1) is 0 Å². The predicted molar refractivity (Wildman–Crippen MR) is 96.7 cm³/mol. The quantitative estimate of drug-likeness (QED) is 0.159. The molecule has 0 heterocycles. The summed E-state index contributed by atoms with van der Waals surface area (Å²) in [5.41, 5.74) is 0.844. The van der Waals surface area contributed by atoms with Crippen molar-refractivity contribution in [1.29, 1.82) is 0 Å². The van der Waals surface area contributed by atoms with Crippen LogP contribution in [0.1, 0.15) is 24.2 Å². The molecule has 0 aliphatic rings. The second-order valence-electron chi connectivity index (χ2n) is 5.28. The molecule has 2 rings (SSSR count). The lowest BCUT2D eigenvalue weighted by Gasteiger charge is -2.06. The van der Waals surface area contributed by atoms with Gasteiger partial charge in [-0.2, -0.15) is 0 Å². The van der Waals surface area contributed by atoms with Crippen molar-refractivity contribution >= 4 is 29.2 Å². The lowest BCUT2D eigenvalue weighted by atomic mass is 10.1. The molecule has 0 saturated carbocycles. The normalized spacial score (nSPS) is 11.0. The summed E-state index contributed by atoms with van der Waals surface area (Å²) in [5, 5.41) is 11.6. The molecule has 0 bridgehead atoms. The van der Waals surface area contributed by atoms with E-state index >= 15 is 0 Å². The molecule has 0 aliphatic carbocycles. The minimum absolute atomic E-state index is 0.0419. The Balaban J connectivity index is 2.04. The molecule has 6 heteroatoms. The maximum atomic E-state index is 11.9. The zero-order valence-electron chi connectivity index (χ0n) is 13.9. The number of esters is 1. The van der Waals surface area contributed by atoms with Crippen LogP contribution in [0.15, 0.2) is 75.6 Å². The van der Waals surface area contributed by atoms with E-state index in [1.54, 1.807) is 31.2 Å². The van der Waals surface area contributed by atoms with Crippen LogP contribution in [0.4, 0.5) is 0 Å². The minimum Gasteiger partial charge on any atom is -0.423 e. The van der Waals surface area contributed by atoms with Gasteiger partial charge < -0.3 is 9.94 Å². The fraction of sp³-hybridized carbons (Fsp3) is 0.105. The second kappa shape index (κ2) is 8.30. The molecular formula is C19H17NO4S. The largest absolute Gasteiger partial charge is 0.423 e. The first kappa shape index (κ1) is 18.5. The van der Waals surface area contributed by atoms with Crippen LogP contribution in [0.5, 0.6) is 5.75 Å². The van der Waals surface area contributed by atoms with Crippen LogP contribution >= 0.6 is 11.8 Å². The van der Waals surface area contributed by atoms with Crippen molar-refractivity contribution in [3.05, 3.63) is 66.2 Å². The number of rotatable bonds is 6. The first-order valence-corrected chi connectivity index (χ1v) is 8.21. The summed E-state index contributed by atoms with van der Waals surface area (Å²) in [6, 6.07) is 14.1. The molecule has 5 nitrogen and oxygen atoms in total. The van der Waals surface area contributed by atoms with E-state index in [2.05, 4.69) is 11.7 Å². The number of carbonyl (C=O) groups excluding carboxylic acids is 2. The molecule has 0 aliphatic heterocycles. The van der Waals surface area contributed by atoms with Crippen molar-refractivity contribution in [1.82, 2.24) is 0 Å². The van der Waals surface area contributed by atoms with Gasteiger partial charge in [0, 0.05) is 20.9 Å². The van der Waals surface area contributed by atoms with E-state index in [1.165, 1.54) is 18.7 Å². The van der Waals surface area contributed by atoms with Crippen molar-refractivity contribution in [2.45, 2.75) is 23.6 Å². The Morgan fingerprint density at radius 1 is 1.00 bits per heavy atom. The molecule has 0 aromatic heterocycles.